The fraction of sp³-hybridized carbons (Fsp3) is 0.200. The zero-order chi connectivity index (χ0) is 14.5. The lowest BCUT2D eigenvalue weighted by molar-refractivity contribution is 0.318. The maximum absolute atomic E-state index is 13.4. The van der Waals surface area contributed by atoms with Gasteiger partial charge in [-0.1, -0.05) is 18.5 Å². The molecule has 0 aliphatic rings. The normalized spacial score (nSPS) is 10.3. The molecular weight excluding hydrogens is 279 g/mol. The average Bonchev–Trinajstić information content (AvgIpc) is 2.40. The lowest BCUT2D eigenvalue weighted by Crippen LogP contribution is -1.98. The fourth-order valence-electron chi connectivity index (χ4n) is 1.74. The van der Waals surface area contributed by atoms with E-state index in [1.165, 1.54) is 12.1 Å². The van der Waals surface area contributed by atoms with Crippen molar-refractivity contribution in [1.82, 2.24) is 0 Å². The molecule has 0 saturated carbocycles. The number of ether oxygens (including phenoxy) is 1. The van der Waals surface area contributed by atoms with E-state index in [2.05, 4.69) is 5.32 Å². The Bertz CT molecular complexity index is 604. The molecule has 106 valence electrons. The van der Waals surface area contributed by atoms with Crippen LogP contribution in [-0.2, 0) is 0 Å². The molecule has 20 heavy (non-hydrogen) atoms. The number of nitrogens with one attached hydrogen (secondary N) is 1. The molecule has 5 heteroatoms. The molecule has 0 heterocycles. The highest BCUT2D eigenvalue weighted by molar-refractivity contribution is 6.30. The summed E-state index contributed by atoms with van der Waals surface area (Å²) >= 11 is 5.65. The Balaban J connectivity index is 2.19. The van der Waals surface area contributed by atoms with Gasteiger partial charge in [-0.3, -0.25) is 0 Å². The number of anilines is 3. The molecule has 0 aromatic heterocycles. The van der Waals surface area contributed by atoms with E-state index in [0.29, 0.717) is 23.7 Å². The van der Waals surface area contributed by atoms with Crippen molar-refractivity contribution < 1.29 is 9.13 Å². The lowest BCUT2D eigenvalue weighted by atomic mass is 10.2. The summed E-state index contributed by atoms with van der Waals surface area (Å²) in [5.74, 6) is 0.215. The van der Waals surface area contributed by atoms with Crippen molar-refractivity contribution in [3.63, 3.8) is 0 Å². The van der Waals surface area contributed by atoms with Crippen LogP contribution in [0.25, 0.3) is 0 Å². The second kappa shape index (κ2) is 6.48. The molecule has 3 N–H and O–H groups in total. The van der Waals surface area contributed by atoms with Crippen molar-refractivity contribution in [1.29, 1.82) is 0 Å². The van der Waals surface area contributed by atoms with Crippen molar-refractivity contribution in [3.8, 4) is 5.75 Å². The van der Waals surface area contributed by atoms with Gasteiger partial charge in [0, 0.05) is 29.2 Å². The Labute approximate surface area is 122 Å². The number of hydrogen-bond donors (Lipinski definition) is 2. The van der Waals surface area contributed by atoms with Crippen LogP contribution in [0, 0.1) is 5.82 Å². The Kier molecular flexibility index (Phi) is 4.69. The van der Waals surface area contributed by atoms with Crippen LogP contribution in [-0.4, -0.2) is 6.61 Å². The molecule has 2 aromatic rings. The van der Waals surface area contributed by atoms with Gasteiger partial charge in [0.2, 0.25) is 0 Å². The van der Waals surface area contributed by atoms with Crippen LogP contribution < -0.4 is 15.8 Å². The molecule has 0 saturated heterocycles. The zero-order valence-corrected chi connectivity index (χ0v) is 11.9. The third kappa shape index (κ3) is 3.78. The Hall–Kier alpha value is -1.94. The average molecular weight is 295 g/mol. The number of hydrogen-bond acceptors (Lipinski definition) is 3. The van der Waals surface area contributed by atoms with Crippen molar-refractivity contribution in [2.24, 2.45) is 0 Å². The van der Waals surface area contributed by atoms with Crippen LogP contribution in [0.15, 0.2) is 36.4 Å². The molecule has 0 unspecified atom stereocenters. The van der Waals surface area contributed by atoms with Gasteiger partial charge in [-0.15, -0.1) is 0 Å². The lowest BCUT2D eigenvalue weighted by Gasteiger charge is -2.11. The van der Waals surface area contributed by atoms with Gasteiger partial charge in [-0.2, -0.15) is 0 Å². The summed E-state index contributed by atoms with van der Waals surface area (Å²) in [4.78, 5) is 0. The fourth-order valence-corrected chi connectivity index (χ4v) is 1.86. The maximum atomic E-state index is 13.4. The minimum Gasteiger partial charge on any atom is -0.493 e. The van der Waals surface area contributed by atoms with Crippen molar-refractivity contribution in [2.45, 2.75) is 13.3 Å². The second-order valence-electron chi connectivity index (χ2n) is 4.39. The summed E-state index contributed by atoms with van der Waals surface area (Å²) in [5, 5.41) is 3.16. The third-order valence-electron chi connectivity index (χ3n) is 2.61. The Morgan fingerprint density at radius 2 is 2.00 bits per heavy atom. The highest BCUT2D eigenvalue weighted by Crippen LogP contribution is 2.27. The van der Waals surface area contributed by atoms with Gasteiger partial charge in [0.1, 0.15) is 11.6 Å². The number of nitrogen functional groups attached to an aromatic ring is 1. The van der Waals surface area contributed by atoms with E-state index in [1.54, 1.807) is 18.2 Å². The molecule has 0 aliphatic carbocycles. The topological polar surface area (TPSA) is 47.3 Å². The van der Waals surface area contributed by atoms with Crippen LogP contribution in [0.2, 0.25) is 5.02 Å². The van der Waals surface area contributed by atoms with E-state index in [1.807, 2.05) is 13.0 Å². The first-order valence-corrected chi connectivity index (χ1v) is 6.71. The Morgan fingerprint density at radius 3 is 2.70 bits per heavy atom. The van der Waals surface area contributed by atoms with Crippen molar-refractivity contribution in [3.05, 3.63) is 47.2 Å². The second-order valence-corrected chi connectivity index (χ2v) is 4.80. The summed E-state index contributed by atoms with van der Waals surface area (Å²) in [6.45, 7) is 2.65. The quantitative estimate of drug-likeness (QED) is 0.793. The van der Waals surface area contributed by atoms with Crippen molar-refractivity contribution in [2.75, 3.05) is 17.7 Å². The molecular formula is C15H16ClFN2O. The van der Waals surface area contributed by atoms with Gasteiger partial charge in [-0.05, 0) is 30.7 Å². The molecule has 0 radical (unpaired) electrons. The van der Waals surface area contributed by atoms with E-state index in [9.17, 15) is 4.39 Å². The standard InChI is InChI=1S/C15H16ClFN2O/c1-2-5-20-13-7-10(18)6-12(8-13)19-11-3-4-14(16)15(17)9-11/h3-4,6-9,19H,2,5,18H2,1H3. The molecule has 0 amide bonds. The van der Waals surface area contributed by atoms with Gasteiger partial charge in [0.05, 0.1) is 11.6 Å². The predicted molar refractivity (Wildman–Crippen MR) is 81.3 cm³/mol. The molecule has 0 bridgehead atoms. The summed E-state index contributed by atoms with van der Waals surface area (Å²) in [7, 11) is 0. The largest absolute Gasteiger partial charge is 0.493 e. The van der Waals surface area contributed by atoms with E-state index in [-0.39, 0.29) is 5.02 Å². The van der Waals surface area contributed by atoms with Crippen LogP contribution >= 0.6 is 11.6 Å². The predicted octanol–water partition coefficient (Wildman–Crippen LogP) is 4.59. The smallest absolute Gasteiger partial charge is 0.143 e. The van der Waals surface area contributed by atoms with Gasteiger partial charge in [-0.25, -0.2) is 4.39 Å². The minimum atomic E-state index is -0.469. The number of halogens is 2. The maximum Gasteiger partial charge on any atom is 0.143 e. The molecule has 3 nitrogen and oxygen atoms in total. The van der Waals surface area contributed by atoms with Crippen LogP contribution in [0.1, 0.15) is 13.3 Å². The molecule has 2 aromatic carbocycles. The van der Waals surface area contributed by atoms with Gasteiger partial charge in [0.25, 0.3) is 0 Å². The third-order valence-corrected chi connectivity index (χ3v) is 2.92. The van der Waals surface area contributed by atoms with Crippen LogP contribution in [0.3, 0.4) is 0 Å². The zero-order valence-electron chi connectivity index (χ0n) is 11.1. The first-order chi connectivity index (χ1) is 9.58. The van der Waals surface area contributed by atoms with Crippen LogP contribution in [0.4, 0.5) is 21.5 Å². The van der Waals surface area contributed by atoms with Crippen molar-refractivity contribution >= 4 is 28.7 Å². The van der Waals surface area contributed by atoms with Crippen LogP contribution in [0.5, 0.6) is 5.75 Å². The van der Waals surface area contributed by atoms with E-state index < -0.39 is 5.82 Å². The minimum absolute atomic E-state index is 0.0927. The number of rotatable bonds is 5. The monoisotopic (exact) mass is 294 g/mol. The Morgan fingerprint density at radius 1 is 1.20 bits per heavy atom. The first-order valence-electron chi connectivity index (χ1n) is 6.34. The summed E-state index contributed by atoms with van der Waals surface area (Å²) in [5.41, 5.74) is 7.73. The van der Waals surface area contributed by atoms with E-state index in [0.717, 1.165) is 12.1 Å². The highest BCUT2D eigenvalue weighted by Gasteiger charge is 2.04. The molecule has 2 rings (SSSR count). The highest BCUT2D eigenvalue weighted by atomic mass is 35.5. The number of nitrogens with two attached hydrogens (primary N) is 1. The molecule has 0 aliphatic heterocycles. The first kappa shape index (κ1) is 14.5. The van der Waals surface area contributed by atoms with E-state index >= 15 is 0 Å². The number of benzene rings is 2. The summed E-state index contributed by atoms with van der Waals surface area (Å²) in [6, 6.07) is 9.85. The summed E-state index contributed by atoms with van der Waals surface area (Å²) < 4.78 is 18.9. The SMILES string of the molecule is CCCOc1cc(N)cc(Nc2ccc(Cl)c(F)c2)c1. The van der Waals surface area contributed by atoms with Gasteiger partial charge >= 0.3 is 0 Å². The summed E-state index contributed by atoms with van der Waals surface area (Å²) in [6.07, 6.45) is 0.917. The molecule has 0 spiro atoms. The van der Waals surface area contributed by atoms with E-state index in [4.69, 9.17) is 22.1 Å². The van der Waals surface area contributed by atoms with Gasteiger partial charge < -0.3 is 15.8 Å². The molecule has 0 fully saturated rings. The molecule has 0 atom stereocenters. The van der Waals surface area contributed by atoms with Gasteiger partial charge in [0.15, 0.2) is 0 Å².